The van der Waals surface area contributed by atoms with Crippen LogP contribution in [0.25, 0.3) is 0 Å². The zero-order valence-corrected chi connectivity index (χ0v) is 17.4. The first kappa shape index (κ1) is 20.1. The van der Waals surface area contributed by atoms with Gasteiger partial charge in [0.25, 0.3) is 0 Å². The Morgan fingerprint density at radius 3 is 2.52 bits per heavy atom. The number of likely N-dealkylation sites (tertiary alicyclic amines) is 1. The number of amides is 1. The predicted molar refractivity (Wildman–Crippen MR) is 115 cm³/mol. The van der Waals surface area contributed by atoms with Crippen molar-refractivity contribution in [3.05, 3.63) is 69.7 Å². The molecule has 0 spiro atoms. The number of hydrogen-bond acceptors (Lipinski definition) is 3. The fourth-order valence-electron chi connectivity index (χ4n) is 4.37. The molecule has 2 aromatic carbocycles. The maximum absolute atomic E-state index is 12.6. The zero-order valence-electron chi connectivity index (χ0n) is 16.6. The van der Waals surface area contributed by atoms with Gasteiger partial charge in [-0.3, -0.25) is 9.59 Å². The van der Waals surface area contributed by atoms with Crippen LogP contribution in [0.1, 0.15) is 58.6 Å². The Morgan fingerprint density at radius 1 is 1.00 bits per heavy atom. The molecule has 0 aliphatic carbocycles. The van der Waals surface area contributed by atoms with Crippen molar-refractivity contribution in [2.45, 2.75) is 44.6 Å². The van der Waals surface area contributed by atoms with Crippen molar-refractivity contribution < 1.29 is 9.59 Å². The minimum atomic E-state index is 0.0581. The lowest BCUT2D eigenvalue weighted by Gasteiger charge is -2.32. The Bertz CT molecular complexity index is 886. The molecule has 1 amide bonds. The van der Waals surface area contributed by atoms with E-state index in [4.69, 9.17) is 11.6 Å². The molecule has 5 heteroatoms. The van der Waals surface area contributed by atoms with E-state index in [0.717, 1.165) is 56.0 Å². The van der Waals surface area contributed by atoms with Crippen molar-refractivity contribution in [1.29, 1.82) is 0 Å². The minimum absolute atomic E-state index is 0.0581. The van der Waals surface area contributed by atoms with Crippen LogP contribution in [0.2, 0.25) is 5.02 Å². The fraction of sp³-hybridized carbons (Fsp3) is 0.417. The summed E-state index contributed by atoms with van der Waals surface area (Å²) < 4.78 is 0. The summed E-state index contributed by atoms with van der Waals surface area (Å²) in [5, 5.41) is 4.09. The van der Waals surface area contributed by atoms with Gasteiger partial charge >= 0.3 is 0 Å². The average molecular weight is 411 g/mol. The number of rotatable bonds is 5. The van der Waals surface area contributed by atoms with Crippen LogP contribution in [-0.2, 0) is 17.8 Å². The van der Waals surface area contributed by atoms with Crippen molar-refractivity contribution in [3.8, 4) is 0 Å². The lowest BCUT2D eigenvalue weighted by atomic mass is 9.89. The van der Waals surface area contributed by atoms with Crippen LogP contribution < -0.4 is 5.32 Å². The molecule has 2 aromatic rings. The van der Waals surface area contributed by atoms with Gasteiger partial charge in [0, 0.05) is 43.1 Å². The number of halogens is 1. The maximum atomic E-state index is 12.6. The van der Waals surface area contributed by atoms with Gasteiger partial charge < -0.3 is 10.2 Å². The van der Waals surface area contributed by atoms with Crippen molar-refractivity contribution in [2.75, 3.05) is 19.6 Å². The quantitative estimate of drug-likeness (QED) is 0.745. The molecule has 29 heavy (non-hydrogen) atoms. The van der Waals surface area contributed by atoms with Gasteiger partial charge in [-0.1, -0.05) is 35.9 Å². The van der Waals surface area contributed by atoms with Crippen LogP contribution in [-0.4, -0.2) is 36.2 Å². The van der Waals surface area contributed by atoms with Gasteiger partial charge in [0.1, 0.15) is 0 Å². The molecule has 4 rings (SSSR count). The minimum Gasteiger partial charge on any atom is -0.343 e. The van der Waals surface area contributed by atoms with Crippen LogP contribution in [0.5, 0.6) is 0 Å². The third kappa shape index (κ3) is 4.88. The molecule has 152 valence electrons. The second kappa shape index (κ2) is 9.10. The second-order valence-corrected chi connectivity index (χ2v) is 8.48. The van der Waals surface area contributed by atoms with Crippen LogP contribution in [0.3, 0.4) is 0 Å². The van der Waals surface area contributed by atoms with E-state index >= 15 is 0 Å². The molecule has 0 bridgehead atoms. The SMILES string of the molecule is O=C(CCC(=O)N1CCC(c2ccc(Cl)cc2)CC1)c1ccc2c(c1)CNCC2. The zero-order chi connectivity index (χ0) is 20.2. The molecule has 0 aromatic heterocycles. The second-order valence-electron chi connectivity index (χ2n) is 8.04. The molecular formula is C24H27ClN2O2. The molecule has 0 saturated carbocycles. The first-order valence-electron chi connectivity index (χ1n) is 10.5. The van der Waals surface area contributed by atoms with Crippen LogP contribution in [0, 0.1) is 0 Å². The maximum Gasteiger partial charge on any atom is 0.223 e. The topological polar surface area (TPSA) is 49.4 Å². The first-order valence-corrected chi connectivity index (χ1v) is 10.9. The highest BCUT2D eigenvalue weighted by atomic mass is 35.5. The van der Waals surface area contributed by atoms with E-state index in [1.807, 2.05) is 29.2 Å². The summed E-state index contributed by atoms with van der Waals surface area (Å²) >= 11 is 5.97. The Balaban J connectivity index is 1.27. The Labute approximate surface area is 177 Å². The molecule has 0 unspecified atom stereocenters. The number of fused-ring (bicyclic) bond motifs is 1. The summed E-state index contributed by atoms with van der Waals surface area (Å²) in [6, 6.07) is 14.0. The first-order chi connectivity index (χ1) is 14.1. The van der Waals surface area contributed by atoms with E-state index in [-0.39, 0.29) is 18.1 Å². The number of hydrogen-bond donors (Lipinski definition) is 1. The summed E-state index contributed by atoms with van der Waals surface area (Å²) in [5.41, 5.74) is 4.54. The van der Waals surface area contributed by atoms with Gasteiger partial charge in [-0.2, -0.15) is 0 Å². The fourth-order valence-corrected chi connectivity index (χ4v) is 4.50. The van der Waals surface area contributed by atoms with Gasteiger partial charge in [0.2, 0.25) is 5.91 Å². The van der Waals surface area contributed by atoms with Gasteiger partial charge in [0.05, 0.1) is 0 Å². The van der Waals surface area contributed by atoms with E-state index in [1.54, 1.807) is 0 Å². The summed E-state index contributed by atoms with van der Waals surface area (Å²) in [7, 11) is 0. The molecule has 1 N–H and O–H groups in total. The molecule has 1 fully saturated rings. The highest BCUT2D eigenvalue weighted by molar-refractivity contribution is 6.30. The number of piperidine rings is 1. The lowest BCUT2D eigenvalue weighted by molar-refractivity contribution is -0.132. The van der Waals surface area contributed by atoms with Gasteiger partial charge in [-0.25, -0.2) is 0 Å². The van der Waals surface area contributed by atoms with Gasteiger partial charge in [-0.15, -0.1) is 0 Å². The standard InChI is InChI=1S/C24H27ClN2O2/c25-22-5-3-17(4-6-22)19-10-13-27(14-11-19)24(29)8-7-23(28)20-2-1-18-9-12-26-16-21(18)15-20/h1-6,15,19,26H,7-14,16H2. The van der Waals surface area contributed by atoms with Crippen LogP contribution >= 0.6 is 11.6 Å². The molecule has 4 nitrogen and oxygen atoms in total. The lowest BCUT2D eigenvalue weighted by Crippen LogP contribution is -2.38. The van der Waals surface area contributed by atoms with Crippen molar-refractivity contribution in [3.63, 3.8) is 0 Å². The van der Waals surface area contributed by atoms with Crippen molar-refractivity contribution in [2.24, 2.45) is 0 Å². The number of nitrogens with one attached hydrogen (secondary N) is 1. The molecule has 0 atom stereocenters. The summed E-state index contributed by atoms with van der Waals surface area (Å²) in [6.45, 7) is 3.32. The molecule has 2 aliphatic heterocycles. The smallest absolute Gasteiger partial charge is 0.223 e. The van der Waals surface area contributed by atoms with E-state index in [0.29, 0.717) is 12.3 Å². The summed E-state index contributed by atoms with van der Waals surface area (Å²) in [5.74, 6) is 0.623. The Hall–Kier alpha value is -2.17. The highest BCUT2D eigenvalue weighted by Gasteiger charge is 2.24. The monoisotopic (exact) mass is 410 g/mol. The predicted octanol–water partition coefficient (Wildman–Crippen LogP) is 4.35. The number of ketones is 1. The average Bonchev–Trinajstić information content (AvgIpc) is 2.77. The molecule has 2 aliphatic rings. The number of nitrogens with zero attached hydrogens (tertiary/aromatic N) is 1. The molecule has 0 radical (unpaired) electrons. The number of carbonyl (C=O) groups is 2. The molecular weight excluding hydrogens is 384 g/mol. The van der Waals surface area contributed by atoms with Crippen LogP contribution in [0.4, 0.5) is 0 Å². The Morgan fingerprint density at radius 2 is 1.76 bits per heavy atom. The Kier molecular flexibility index (Phi) is 6.31. The molecule has 2 heterocycles. The third-order valence-electron chi connectivity index (χ3n) is 6.17. The third-order valence-corrected chi connectivity index (χ3v) is 6.42. The largest absolute Gasteiger partial charge is 0.343 e. The molecule has 1 saturated heterocycles. The summed E-state index contributed by atoms with van der Waals surface area (Å²) in [6.07, 6.45) is 3.49. The van der Waals surface area contributed by atoms with E-state index in [2.05, 4.69) is 23.5 Å². The van der Waals surface area contributed by atoms with Gasteiger partial charge in [-0.05, 0) is 66.6 Å². The normalized spacial score (nSPS) is 17.1. The van der Waals surface area contributed by atoms with Crippen molar-refractivity contribution >= 4 is 23.3 Å². The van der Waals surface area contributed by atoms with Crippen molar-refractivity contribution in [1.82, 2.24) is 10.2 Å². The summed E-state index contributed by atoms with van der Waals surface area (Å²) in [4.78, 5) is 27.1. The number of carbonyl (C=O) groups excluding carboxylic acids is 2. The van der Waals surface area contributed by atoms with E-state index in [9.17, 15) is 9.59 Å². The number of Topliss-reactive ketones (excluding diaryl/α,β-unsaturated/α-hetero) is 1. The number of benzene rings is 2. The highest BCUT2D eigenvalue weighted by Crippen LogP contribution is 2.29. The van der Waals surface area contributed by atoms with Crippen LogP contribution in [0.15, 0.2) is 42.5 Å². The van der Waals surface area contributed by atoms with E-state index < -0.39 is 0 Å². The van der Waals surface area contributed by atoms with E-state index in [1.165, 1.54) is 16.7 Å². The van der Waals surface area contributed by atoms with Gasteiger partial charge in [0.15, 0.2) is 5.78 Å².